The molecule has 40 heavy (non-hydrogen) atoms. The number of carbonyl (C=O) groups is 2. The summed E-state index contributed by atoms with van der Waals surface area (Å²) in [5, 5.41) is 2.76. The number of likely N-dealkylation sites (N-methyl/N-ethyl adjacent to an activating group) is 1. The zero-order valence-electron chi connectivity index (χ0n) is 22.8. The summed E-state index contributed by atoms with van der Waals surface area (Å²) >= 11 is 0. The number of para-hydroxylation sites is 1. The molecule has 2 aliphatic heterocycles. The topological polar surface area (TPSA) is 93.2 Å². The summed E-state index contributed by atoms with van der Waals surface area (Å²) in [6, 6.07) is 17.1. The van der Waals surface area contributed by atoms with E-state index in [4.69, 9.17) is 14.2 Å². The van der Waals surface area contributed by atoms with Gasteiger partial charge in [-0.25, -0.2) is 0 Å². The molecule has 0 aliphatic carbocycles. The molecule has 0 bridgehead atoms. The van der Waals surface area contributed by atoms with Crippen LogP contribution in [0.25, 0.3) is 0 Å². The molecule has 0 spiro atoms. The highest BCUT2D eigenvalue weighted by Crippen LogP contribution is 2.32. The fraction of sp³-hybridized carbons (Fsp3) is 0.323. The summed E-state index contributed by atoms with van der Waals surface area (Å²) in [7, 11) is 1.66. The number of benzene rings is 2. The van der Waals surface area contributed by atoms with Crippen LogP contribution in [0, 0.1) is 11.8 Å². The maximum absolute atomic E-state index is 13.3. The number of morpholine rings is 1. The molecule has 9 nitrogen and oxygen atoms in total. The van der Waals surface area contributed by atoms with Crippen LogP contribution < -0.4 is 19.7 Å². The van der Waals surface area contributed by atoms with Crippen molar-refractivity contribution in [3.05, 3.63) is 78.1 Å². The first-order valence-corrected chi connectivity index (χ1v) is 13.2. The highest BCUT2D eigenvalue weighted by Gasteiger charge is 2.31. The van der Waals surface area contributed by atoms with Gasteiger partial charge in [-0.1, -0.05) is 30.0 Å². The molecular formula is C31H32N4O5. The van der Waals surface area contributed by atoms with Gasteiger partial charge in [-0.3, -0.25) is 19.5 Å². The molecule has 1 atom stereocenters. The predicted octanol–water partition coefficient (Wildman–Crippen LogP) is 3.49. The normalized spacial score (nSPS) is 17.5. The molecule has 1 N–H and O–H groups in total. The number of ether oxygens (including phenoxy) is 3. The van der Waals surface area contributed by atoms with Gasteiger partial charge >= 0.3 is 0 Å². The molecule has 9 heteroatoms. The smallest absolute Gasteiger partial charge is 0.270 e. The Morgan fingerprint density at radius 3 is 2.62 bits per heavy atom. The highest BCUT2D eigenvalue weighted by atomic mass is 16.5. The fourth-order valence-corrected chi connectivity index (χ4v) is 4.56. The first-order valence-electron chi connectivity index (χ1n) is 13.2. The molecule has 0 radical (unpaired) electrons. The number of aromatic nitrogens is 1. The van der Waals surface area contributed by atoms with Crippen molar-refractivity contribution in [3.8, 4) is 29.1 Å². The number of hydrogen-bond donors (Lipinski definition) is 1. The van der Waals surface area contributed by atoms with Crippen molar-refractivity contribution in [2.75, 3.05) is 44.9 Å². The molecule has 0 unspecified atom stereocenters. The van der Waals surface area contributed by atoms with Crippen molar-refractivity contribution < 1.29 is 23.8 Å². The molecule has 5 rings (SSSR count). The highest BCUT2D eigenvalue weighted by molar-refractivity contribution is 6.03. The van der Waals surface area contributed by atoms with Crippen molar-refractivity contribution in [2.24, 2.45) is 0 Å². The van der Waals surface area contributed by atoms with Gasteiger partial charge < -0.3 is 24.4 Å². The number of amides is 2. The second kappa shape index (κ2) is 11.8. The van der Waals surface area contributed by atoms with E-state index in [1.807, 2.05) is 42.5 Å². The van der Waals surface area contributed by atoms with Crippen LogP contribution in [-0.4, -0.2) is 73.2 Å². The van der Waals surface area contributed by atoms with Gasteiger partial charge in [-0.15, -0.1) is 0 Å². The Hall–Kier alpha value is -4.39. The Morgan fingerprint density at radius 2 is 1.85 bits per heavy atom. The van der Waals surface area contributed by atoms with E-state index in [1.165, 1.54) is 17.2 Å². The van der Waals surface area contributed by atoms with Crippen LogP contribution in [0.4, 0.5) is 5.69 Å². The van der Waals surface area contributed by atoms with Gasteiger partial charge in [-0.05, 0) is 50.2 Å². The first kappa shape index (κ1) is 27.2. The maximum Gasteiger partial charge on any atom is 0.270 e. The number of carbonyl (C=O) groups excluding carboxylic acids is 2. The standard InChI is InChI=1S/C31H32N4O5/c1-31(2,35-15-17-38-18-16-35)13-11-22-9-10-28-27(19-22)34(3)30(37)26(21-39-28)33-29(36)25-20-24(12-14-32-25)40-23-7-5-4-6-8-23/h4-10,12,14,19-20,26H,15-18,21H2,1-3H3,(H,33,36)/t26-/m1/s1. The number of anilines is 1. The third-order valence-electron chi connectivity index (χ3n) is 6.92. The number of nitrogens with zero attached hydrogens (tertiary/aromatic N) is 3. The summed E-state index contributed by atoms with van der Waals surface area (Å²) in [4.78, 5) is 34.3. The van der Waals surface area contributed by atoms with E-state index in [1.54, 1.807) is 19.2 Å². The molecule has 3 aromatic rings. The lowest BCUT2D eigenvalue weighted by Crippen LogP contribution is -2.49. The van der Waals surface area contributed by atoms with Gasteiger partial charge in [0.1, 0.15) is 35.6 Å². The van der Waals surface area contributed by atoms with Crippen LogP contribution >= 0.6 is 0 Å². The van der Waals surface area contributed by atoms with Crippen LogP contribution in [-0.2, 0) is 9.53 Å². The molecular weight excluding hydrogens is 508 g/mol. The van der Waals surface area contributed by atoms with Crippen LogP contribution in [0.15, 0.2) is 66.9 Å². The van der Waals surface area contributed by atoms with E-state index in [0.717, 1.165) is 18.7 Å². The molecule has 2 aromatic carbocycles. The average Bonchev–Trinajstić information content (AvgIpc) is 3.09. The van der Waals surface area contributed by atoms with E-state index >= 15 is 0 Å². The number of nitrogens with one attached hydrogen (secondary N) is 1. The van der Waals surface area contributed by atoms with Crippen molar-refractivity contribution in [3.63, 3.8) is 0 Å². The molecule has 1 aromatic heterocycles. The molecule has 3 heterocycles. The van der Waals surface area contributed by atoms with Crippen molar-refractivity contribution in [2.45, 2.75) is 25.4 Å². The third-order valence-corrected chi connectivity index (χ3v) is 6.92. The summed E-state index contributed by atoms with van der Waals surface area (Å²) in [6.07, 6.45) is 1.49. The number of pyridine rings is 1. The van der Waals surface area contributed by atoms with Gasteiger partial charge in [0.25, 0.3) is 11.8 Å². The average molecular weight is 541 g/mol. The van der Waals surface area contributed by atoms with Crippen LogP contribution in [0.3, 0.4) is 0 Å². The lowest BCUT2D eigenvalue weighted by Gasteiger charge is -2.37. The number of fused-ring (bicyclic) bond motifs is 1. The largest absolute Gasteiger partial charge is 0.489 e. The van der Waals surface area contributed by atoms with E-state index < -0.39 is 11.9 Å². The SMILES string of the molecule is CN1C(=O)[C@H](NC(=O)c2cc(Oc3ccccc3)ccn2)COc2ccc(C#CC(C)(C)N3CCOCC3)cc21. The monoisotopic (exact) mass is 540 g/mol. The zero-order chi connectivity index (χ0) is 28.1. The second-order valence-corrected chi connectivity index (χ2v) is 10.1. The summed E-state index contributed by atoms with van der Waals surface area (Å²) < 4.78 is 17.2. The molecule has 1 fully saturated rings. The van der Waals surface area contributed by atoms with E-state index in [0.29, 0.717) is 36.1 Å². The Balaban J connectivity index is 1.27. The maximum atomic E-state index is 13.3. The van der Waals surface area contributed by atoms with Crippen molar-refractivity contribution in [1.82, 2.24) is 15.2 Å². The van der Waals surface area contributed by atoms with Crippen LogP contribution in [0.2, 0.25) is 0 Å². The Bertz CT molecular complexity index is 1440. The zero-order valence-corrected chi connectivity index (χ0v) is 22.8. The van der Waals surface area contributed by atoms with Crippen molar-refractivity contribution in [1.29, 1.82) is 0 Å². The minimum Gasteiger partial charge on any atom is -0.489 e. The van der Waals surface area contributed by atoms with Crippen LogP contribution in [0.1, 0.15) is 29.9 Å². The number of rotatable bonds is 5. The molecule has 206 valence electrons. The predicted molar refractivity (Wildman–Crippen MR) is 151 cm³/mol. The Labute approximate surface area is 234 Å². The second-order valence-electron chi connectivity index (χ2n) is 10.1. The van der Waals surface area contributed by atoms with Crippen molar-refractivity contribution >= 4 is 17.5 Å². The molecule has 2 amide bonds. The lowest BCUT2D eigenvalue weighted by atomic mass is 10.0. The van der Waals surface area contributed by atoms with Crippen LogP contribution in [0.5, 0.6) is 17.2 Å². The first-order chi connectivity index (χ1) is 19.3. The van der Waals surface area contributed by atoms with Gasteiger partial charge in [0, 0.05) is 38.0 Å². The summed E-state index contributed by atoms with van der Waals surface area (Å²) in [6.45, 7) is 7.26. The quantitative estimate of drug-likeness (QED) is 0.496. The van der Waals surface area contributed by atoms with Gasteiger partial charge in [0.05, 0.1) is 24.4 Å². The van der Waals surface area contributed by atoms with Gasteiger partial charge in [0.2, 0.25) is 0 Å². The minimum atomic E-state index is -0.903. The third kappa shape index (κ3) is 6.25. The minimum absolute atomic E-state index is 0.0167. The molecule has 2 aliphatic rings. The van der Waals surface area contributed by atoms with Gasteiger partial charge in [0.15, 0.2) is 0 Å². The van der Waals surface area contributed by atoms with E-state index in [-0.39, 0.29) is 23.7 Å². The van der Waals surface area contributed by atoms with E-state index in [2.05, 4.69) is 40.9 Å². The Kier molecular flexibility index (Phi) is 8.01. The molecule has 1 saturated heterocycles. The van der Waals surface area contributed by atoms with E-state index in [9.17, 15) is 9.59 Å². The lowest BCUT2D eigenvalue weighted by molar-refractivity contribution is -0.120. The number of hydrogen-bond acceptors (Lipinski definition) is 7. The fourth-order valence-electron chi connectivity index (χ4n) is 4.56. The summed E-state index contributed by atoms with van der Waals surface area (Å²) in [5.74, 6) is 7.47. The Morgan fingerprint density at radius 1 is 1.07 bits per heavy atom. The van der Waals surface area contributed by atoms with Gasteiger partial charge in [-0.2, -0.15) is 0 Å². The molecule has 0 saturated carbocycles. The summed E-state index contributed by atoms with van der Waals surface area (Å²) in [5.41, 5.74) is 1.17.